The molecule has 3 aromatic carbocycles. The molecule has 0 spiro atoms. The Balaban J connectivity index is 0.619. The van der Waals surface area contributed by atoms with E-state index in [1.165, 1.54) is 43.5 Å². The normalized spacial score (nSPS) is 23.4. The van der Waals surface area contributed by atoms with Crippen LogP contribution in [0.15, 0.2) is 42.6 Å². The lowest BCUT2D eigenvalue weighted by Gasteiger charge is -2.39. The smallest absolute Gasteiger partial charge is 0.319 e. The minimum atomic E-state index is -0.731. The maximum absolute atomic E-state index is 17.0. The second-order valence-electron chi connectivity index (χ2n) is 22.1. The van der Waals surface area contributed by atoms with Crippen molar-refractivity contribution >= 4 is 62.5 Å². The molecule has 5 aromatic rings. The highest BCUT2D eigenvalue weighted by atomic mass is 35.5. The number of aromatic hydroxyl groups is 1. The number of phenolic OH excluding ortho intramolecular Hbond substituents is 1. The number of imide groups is 1. The van der Waals surface area contributed by atoms with Crippen molar-refractivity contribution in [2.24, 2.45) is 17.8 Å². The number of nitrogens with one attached hydrogen (secondary N) is 2. The molecular formula is C57H63ClF2N10O5. The van der Waals surface area contributed by atoms with Crippen molar-refractivity contribution < 1.29 is 33.0 Å². The van der Waals surface area contributed by atoms with Crippen LogP contribution in [0.25, 0.3) is 32.9 Å². The average molecular weight is 1040 g/mol. The van der Waals surface area contributed by atoms with Gasteiger partial charge in [-0.2, -0.15) is 9.97 Å². The standard InChI is InChI=1S/C57H63ClF2N10O5/c1-2-40-45(59)7-3-36-26-39(71)27-42(49(36)40)52-51(60)53-43(28-61-52)54(69-30-37-4-5-38(31-69)62-37)65-57(64-53)75-24-23-66-17-13-35(14-18-66)29-67-19-11-33(12-20-67)25-34-15-21-68(22-16-34)46-8-6-41-44(50(46)58)32-70(56(41)74)47-9-10-48(72)63-55(47)73/h1,3,6-8,26-28,33-35,37-38,47,62,71H,4-5,9-25,29-32H2,(H,63,72,73). The van der Waals surface area contributed by atoms with E-state index in [1.807, 2.05) is 12.1 Å². The number of hydrogen-bond donors (Lipinski definition) is 3. The van der Waals surface area contributed by atoms with Gasteiger partial charge in [-0.1, -0.05) is 23.6 Å². The van der Waals surface area contributed by atoms with E-state index in [-0.39, 0.29) is 64.3 Å². The lowest BCUT2D eigenvalue weighted by molar-refractivity contribution is -0.136. The van der Waals surface area contributed by atoms with E-state index >= 15 is 8.78 Å². The Hall–Kier alpha value is -6.19. The number of benzene rings is 3. The van der Waals surface area contributed by atoms with E-state index in [9.17, 15) is 19.5 Å². The molecule has 392 valence electrons. The SMILES string of the molecule is C#Cc1c(F)ccc2cc(O)cc(-c3ncc4c(N5CC6CCC(C5)N6)nc(OCCN5CCC(CN6CCC(CC7CCN(c8ccc9c(c8Cl)CN(C8CCC(=O)NC8=O)C9=O)CC7)CC6)CC5)nc4c3F)c12. The number of piperidine rings is 4. The highest BCUT2D eigenvalue weighted by Gasteiger charge is 2.41. The first-order valence-corrected chi connectivity index (χ1v) is 27.4. The number of phenols is 1. The number of likely N-dealkylation sites (tertiary alicyclic amines) is 2. The van der Waals surface area contributed by atoms with Crippen molar-refractivity contribution in [1.29, 1.82) is 0 Å². The van der Waals surface area contributed by atoms with E-state index in [2.05, 4.69) is 46.1 Å². The second-order valence-corrected chi connectivity index (χ2v) is 22.5. The molecule has 12 rings (SSSR count). The van der Waals surface area contributed by atoms with E-state index < -0.39 is 23.6 Å². The molecule has 75 heavy (non-hydrogen) atoms. The van der Waals surface area contributed by atoms with Crippen LogP contribution in [0.2, 0.25) is 5.02 Å². The zero-order chi connectivity index (χ0) is 51.5. The number of fused-ring (bicyclic) bond motifs is 5. The van der Waals surface area contributed by atoms with E-state index in [0.717, 1.165) is 102 Å². The van der Waals surface area contributed by atoms with Crippen molar-refractivity contribution in [2.45, 2.75) is 95.3 Å². The van der Waals surface area contributed by atoms with E-state index in [0.29, 0.717) is 83.8 Å². The molecule has 2 aromatic heterocycles. The maximum Gasteiger partial charge on any atom is 0.319 e. The average Bonchev–Trinajstić information content (AvgIpc) is 3.94. The minimum absolute atomic E-state index is 0.0365. The third-order valence-electron chi connectivity index (χ3n) is 17.4. The van der Waals surface area contributed by atoms with Gasteiger partial charge in [-0.05, 0) is 144 Å². The Morgan fingerprint density at radius 1 is 0.827 bits per heavy atom. The summed E-state index contributed by atoms with van der Waals surface area (Å²) in [6, 6.07) is 9.40. The predicted molar refractivity (Wildman–Crippen MR) is 283 cm³/mol. The van der Waals surface area contributed by atoms with Gasteiger partial charge >= 0.3 is 6.01 Å². The molecule has 3 N–H and O–H groups in total. The summed E-state index contributed by atoms with van der Waals surface area (Å²) in [6.45, 7) is 9.96. The van der Waals surface area contributed by atoms with Crippen molar-refractivity contribution in [2.75, 3.05) is 81.9 Å². The molecule has 3 amide bonds. The van der Waals surface area contributed by atoms with Crippen molar-refractivity contribution in [3.8, 4) is 35.4 Å². The molecule has 6 fully saturated rings. The number of aromatic nitrogens is 3. The second kappa shape index (κ2) is 20.7. The summed E-state index contributed by atoms with van der Waals surface area (Å²) in [6.07, 6.45) is 18.2. The number of hydrogen-bond acceptors (Lipinski definition) is 13. The molecule has 7 aliphatic rings. The molecule has 0 aliphatic carbocycles. The fourth-order valence-corrected chi connectivity index (χ4v) is 13.7. The molecule has 7 aliphatic heterocycles. The minimum Gasteiger partial charge on any atom is -0.508 e. The van der Waals surface area contributed by atoms with Crippen LogP contribution in [0.1, 0.15) is 92.1 Å². The zero-order valence-electron chi connectivity index (χ0n) is 42.1. The first kappa shape index (κ1) is 49.7. The number of anilines is 2. The monoisotopic (exact) mass is 1040 g/mol. The third-order valence-corrected chi connectivity index (χ3v) is 17.9. The summed E-state index contributed by atoms with van der Waals surface area (Å²) >= 11 is 7.01. The molecule has 9 heterocycles. The number of piperazine rings is 1. The van der Waals surface area contributed by atoms with Gasteiger partial charge in [0.25, 0.3) is 5.91 Å². The van der Waals surface area contributed by atoms with Gasteiger partial charge in [0.2, 0.25) is 11.8 Å². The first-order valence-electron chi connectivity index (χ1n) is 27.0. The summed E-state index contributed by atoms with van der Waals surface area (Å²) in [7, 11) is 0. The first-order chi connectivity index (χ1) is 36.4. The van der Waals surface area contributed by atoms with Crippen LogP contribution in [0.5, 0.6) is 11.8 Å². The summed E-state index contributed by atoms with van der Waals surface area (Å²) < 4.78 is 38.3. The van der Waals surface area contributed by atoms with Gasteiger partial charge in [-0.3, -0.25) is 29.6 Å². The molecular weight excluding hydrogens is 978 g/mol. The van der Waals surface area contributed by atoms with E-state index in [1.54, 1.807) is 11.1 Å². The highest BCUT2D eigenvalue weighted by Crippen LogP contribution is 2.42. The molecule has 0 radical (unpaired) electrons. The lowest BCUT2D eigenvalue weighted by atomic mass is 9.82. The topological polar surface area (TPSA) is 160 Å². The maximum atomic E-state index is 17.0. The summed E-state index contributed by atoms with van der Waals surface area (Å²) in [5, 5.41) is 18.5. The molecule has 3 unspecified atom stereocenters. The van der Waals surface area contributed by atoms with Gasteiger partial charge in [0.15, 0.2) is 5.82 Å². The number of carbonyl (C=O) groups is 3. The number of halogens is 3. The van der Waals surface area contributed by atoms with Gasteiger partial charge in [0.05, 0.1) is 21.7 Å². The molecule has 0 saturated carbocycles. The summed E-state index contributed by atoms with van der Waals surface area (Å²) in [5.74, 6) is 2.64. The fourth-order valence-electron chi connectivity index (χ4n) is 13.4. The van der Waals surface area contributed by atoms with Crippen molar-refractivity contribution in [1.82, 2.24) is 40.3 Å². The van der Waals surface area contributed by atoms with Gasteiger partial charge < -0.3 is 34.8 Å². The van der Waals surface area contributed by atoms with Crippen LogP contribution < -0.4 is 25.2 Å². The number of amides is 3. The number of terminal acetylenes is 1. The quantitative estimate of drug-likeness (QED) is 0.0847. The highest BCUT2D eigenvalue weighted by molar-refractivity contribution is 6.35. The third kappa shape index (κ3) is 9.83. The summed E-state index contributed by atoms with van der Waals surface area (Å²) in [4.78, 5) is 62.9. The molecule has 3 atom stereocenters. The molecule has 18 heteroatoms. The number of pyridine rings is 1. The van der Waals surface area contributed by atoms with Crippen molar-refractivity contribution in [3.63, 3.8) is 0 Å². The van der Waals surface area contributed by atoms with Crippen LogP contribution in [0, 0.1) is 41.7 Å². The van der Waals surface area contributed by atoms with E-state index in [4.69, 9.17) is 27.7 Å². The van der Waals surface area contributed by atoms with Crippen LogP contribution >= 0.6 is 11.6 Å². The van der Waals surface area contributed by atoms with Gasteiger partial charge in [-0.15, -0.1) is 6.42 Å². The van der Waals surface area contributed by atoms with Crippen LogP contribution in [-0.4, -0.2) is 143 Å². The largest absolute Gasteiger partial charge is 0.508 e. The lowest BCUT2D eigenvalue weighted by Crippen LogP contribution is -2.52. The Morgan fingerprint density at radius 3 is 2.28 bits per heavy atom. The number of carbonyl (C=O) groups excluding carboxylic acids is 3. The zero-order valence-corrected chi connectivity index (χ0v) is 42.9. The number of ether oxygens (including phenoxy) is 1. The van der Waals surface area contributed by atoms with Crippen molar-refractivity contribution in [3.05, 3.63) is 75.9 Å². The van der Waals surface area contributed by atoms with Crippen LogP contribution in [-0.2, 0) is 16.1 Å². The Kier molecular flexibility index (Phi) is 13.7. The Labute approximate surface area is 440 Å². The van der Waals surface area contributed by atoms with Crippen LogP contribution in [0.3, 0.4) is 0 Å². The van der Waals surface area contributed by atoms with Gasteiger partial charge in [0.1, 0.15) is 41.2 Å². The van der Waals surface area contributed by atoms with Gasteiger partial charge in [-0.25, -0.2) is 8.78 Å². The number of nitrogens with zero attached hydrogens (tertiary/aromatic N) is 8. The predicted octanol–water partition coefficient (Wildman–Crippen LogP) is 7.27. The molecule has 15 nitrogen and oxygen atoms in total. The molecule has 2 bridgehead atoms. The fraction of sp³-hybridized carbons (Fsp3) is 0.509. The number of rotatable bonds is 12. The van der Waals surface area contributed by atoms with Crippen LogP contribution in [0.4, 0.5) is 20.3 Å². The van der Waals surface area contributed by atoms with Gasteiger partial charge in [0, 0.05) is 92.6 Å². The Bertz CT molecular complexity index is 3100. The summed E-state index contributed by atoms with van der Waals surface area (Å²) in [5.41, 5.74) is 2.33. The molecule has 6 saturated heterocycles. The Morgan fingerprint density at radius 2 is 1.55 bits per heavy atom.